The summed E-state index contributed by atoms with van der Waals surface area (Å²) in [4.78, 5) is 0. The molecule has 0 fully saturated rings. The van der Waals surface area contributed by atoms with Crippen molar-refractivity contribution < 1.29 is 4.74 Å². The highest BCUT2D eigenvalue weighted by atomic mass is 16.5. The zero-order valence-corrected chi connectivity index (χ0v) is 9.94. The largest absolute Gasteiger partial charge is 0.497 e. The molecule has 90 valence electrons. The van der Waals surface area contributed by atoms with Crippen LogP contribution in [0.1, 0.15) is 11.3 Å². The lowest BCUT2D eigenvalue weighted by Gasteiger charge is -2.05. The molecule has 0 unspecified atom stereocenters. The Hall–Kier alpha value is -1.81. The number of rotatable bonds is 6. The summed E-state index contributed by atoms with van der Waals surface area (Å²) < 4.78 is 5.19. The molecule has 0 aliphatic carbocycles. The Morgan fingerprint density at radius 1 is 1.35 bits per heavy atom. The van der Waals surface area contributed by atoms with Crippen molar-refractivity contribution in [1.82, 2.24) is 15.5 Å². The third-order valence-corrected chi connectivity index (χ3v) is 2.60. The smallest absolute Gasteiger partial charge is 0.119 e. The fourth-order valence-electron chi connectivity index (χ4n) is 1.67. The first kappa shape index (κ1) is 11.7. The van der Waals surface area contributed by atoms with Crippen LogP contribution in [-0.4, -0.2) is 23.9 Å². The molecule has 2 rings (SSSR count). The van der Waals surface area contributed by atoms with Crippen molar-refractivity contribution in [1.29, 1.82) is 0 Å². The molecule has 0 radical (unpaired) electrons. The summed E-state index contributed by atoms with van der Waals surface area (Å²) in [5, 5.41) is 10.2. The minimum Gasteiger partial charge on any atom is -0.497 e. The van der Waals surface area contributed by atoms with Crippen LogP contribution in [0.5, 0.6) is 5.75 Å². The van der Waals surface area contributed by atoms with Crippen molar-refractivity contribution in [2.75, 3.05) is 13.7 Å². The van der Waals surface area contributed by atoms with Gasteiger partial charge in [-0.3, -0.25) is 5.10 Å². The van der Waals surface area contributed by atoms with Gasteiger partial charge in [0.15, 0.2) is 0 Å². The second kappa shape index (κ2) is 6.06. The van der Waals surface area contributed by atoms with Crippen LogP contribution in [0.3, 0.4) is 0 Å². The van der Waals surface area contributed by atoms with Crippen LogP contribution in [0.4, 0.5) is 0 Å². The number of hydrogen-bond acceptors (Lipinski definition) is 3. The van der Waals surface area contributed by atoms with E-state index in [1.807, 2.05) is 18.2 Å². The summed E-state index contributed by atoms with van der Waals surface area (Å²) >= 11 is 0. The molecule has 0 spiro atoms. The van der Waals surface area contributed by atoms with Gasteiger partial charge >= 0.3 is 0 Å². The second-order valence-electron chi connectivity index (χ2n) is 3.86. The number of hydrogen-bond donors (Lipinski definition) is 2. The predicted molar refractivity (Wildman–Crippen MR) is 67.0 cm³/mol. The van der Waals surface area contributed by atoms with E-state index >= 15 is 0 Å². The molecule has 17 heavy (non-hydrogen) atoms. The molecule has 1 aromatic heterocycles. The normalized spacial score (nSPS) is 10.4. The lowest BCUT2D eigenvalue weighted by molar-refractivity contribution is 0.414. The van der Waals surface area contributed by atoms with Gasteiger partial charge in [0.1, 0.15) is 5.75 Å². The number of ether oxygens (including phenoxy) is 1. The van der Waals surface area contributed by atoms with Gasteiger partial charge in [0.05, 0.1) is 7.11 Å². The predicted octanol–water partition coefficient (Wildman–Crippen LogP) is 1.75. The highest BCUT2D eigenvalue weighted by Gasteiger charge is 1.96. The minimum absolute atomic E-state index is 0.823. The van der Waals surface area contributed by atoms with Crippen LogP contribution in [0.25, 0.3) is 0 Å². The fraction of sp³-hybridized carbons (Fsp3) is 0.308. The fourth-order valence-corrected chi connectivity index (χ4v) is 1.67. The van der Waals surface area contributed by atoms with Crippen molar-refractivity contribution in [2.45, 2.75) is 13.0 Å². The van der Waals surface area contributed by atoms with Gasteiger partial charge < -0.3 is 10.1 Å². The van der Waals surface area contributed by atoms with E-state index in [1.165, 1.54) is 5.56 Å². The highest BCUT2D eigenvalue weighted by Crippen LogP contribution is 2.12. The van der Waals surface area contributed by atoms with Gasteiger partial charge in [0.2, 0.25) is 0 Å². The molecule has 4 nitrogen and oxygen atoms in total. The number of aromatic nitrogens is 2. The number of nitrogens with zero attached hydrogens (tertiary/aromatic N) is 1. The zero-order chi connectivity index (χ0) is 11.9. The average molecular weight is 231 g/mol. The zero-order valence-electron chi connectivity index (χ0n) is 9.94. The van der Waals surface area contributed by atoms with Crippen molar-refractivity contribution in [3.8, 4) is 5.75 Å². The van der Waals surface area contributed by atoms with E-state index in [9.17, 15) is 0 Å². The van der Waals surface area contributed by atoms with Crippen LogP contribution in [0.15, 0.2) is 36.5 Å². The quantitative estimate of drug-likeness (QED) is 0.745. The molecule has 4 heteroatoms. The summed E-state index contributed by atoms with van der Waals surface area (Å²) in [5.74, 6) is 0.913. The van der Waals surface area contributed by atoms with Crippen LogP contribution in [0, 0.1) is 0 Å². The number of methoxy groups -OCH3 is 1. The minimum atomic E-state index is 0.823. The summed E-state index contributed by atoms with van der Waals surface area (Å²) in [6.07, 6.45) is 2.75. The van der Waals surface area contributed by atoms with Gasteiger partial charge in [-0.05, 0) is 36.7 Å². The molecule has 0 saturated carbocycles. The van der Waals surface area contributed by atoms with Crippen molar-refractivity contribution >= 4 is 0 Å². The maximum absolute atomic E-state index is 5.19. The Labute approximate surface area is 101 Å². The molecule has 0 amide bonds. The molecular weight excluding hydrogens is 214 g/mol. The number of benzene rings is 1. The number of H-pyrrole nitrogens is 1. The van der Waals surface area contributed by atoms with Gasteiger partial charge in [-0.2, -0.15) is 5.10 Å². The Bertz CT molecular complexity index is 440. The third-order valence-electron chi connectivity index (χ3n) is 2.60. The van der Waals surface area contributed by atoms with Gasteiger partial charge in [-0.25, -0.2) is 0 Å². The van der Waals surface area contributed by atoms with E-state index in [0.29, 0.717) is 0 Å². The SMILES string of the molecule is COc1cccc(CCNCc2ccn[nH]2)c1. The summed E-state index contributed by atoms with van der Waals surface area (Å²) in [5.41, 5.74) is 2.39. The number of aromatic amines is 1. The molecule has 1 aromatic carbocycles. The topological polar surface area (TPSA) is 49.9 Å². The summed E-state index contributed by atoms with van der Waals surface area (Å²) in [7, 11) is 1.69. The standard InChI is InChI=1S/C13H17N3O/c1-17-13-4-2-3-11(9-13)5-7-14-10-12-6-8-15-16-12/h2-4,6,8-9,14H,5,7,10H2,1H3,(H,15,16). The second-order valence-corrected chi connectivity index (χ2v) is 3.86. The molecule has 2 aromatic rings. The van der Waals surface area contributed by atoms with E-state index < -0.39 is 0 Å². The van der Waals surface area contributed by atoms with Crippen molar-refractivity contribution in [2.24, 2.45) is 0 Å². The summed E-state index contributed by atoms with van der Waals surface area (Å²) in [6, 6.07) is 10.1. The highest BCUT2D eigenvalue weighted by molar-refractivity contribution is 5.28. The van der Waals surface area contributed by atoms with E-state index in [0.717, 1.165) is 31.0 Å². The lowest BCUT2D eigenvalue weighted by atomic mass is 10.1. The van der Waals surface area contributed by atoms with E-state index in [4.69, 9.17) is 4.74 Å². The average Bonchev–Trinajstić information content (AvgIpc) is 2.88. The number of nitrogens with one attached hydrogen (secondary N) is 2. The van der Waals surface area contributed by atoms with E-state index in [2.05, 4.69) is 27.6 Å². The first-order valence-corrected chi connectivity index (χ1v) is 5.70. The van der Waals surface area contributed by atoms with E-state index in [-0.39, 0.29) is 0 Å². The molecule has 0 saturated heterocycles. The Kier molecular flexibility index (Phi) is 4.16. The molecule has 0 aliphatic heterocycles. The molecule has 2 N–H and O–H groups in total. The Balaban J connectivity index is 1.74. The first-order valence-electron chi connectivity index (χ1n) is 5.70. The molecule has 0 bridgehead atoms. The lowest BCUT2D eigenvalue weighted by Crippen LogP contribution is -2.16. The Morgan fingerprint density at radius 2 is 2.29 bits per heavy atom. The third kappa shape index (κ3) is 3.60. The first-order chi connectivity index (χ1) is 8.38. The molecule has 0 atom stereocenters. The maximum Gasteiger partial charge on any atom is 0.119 e. The van der Waals surface area contributed by atoms with Crippen LogP contribution >= 0.6 is 0 Å². The van der Waals surface area contributed by atoms with Crippen LogP contribution < -0.4 is 10.1 Å². The van der Waals surface area contributed by atoms with Gasteiger partial charge in [-0.1, -0.05) is 12.1 Å². The molecule has 1 heterocycles. The summed E-state index contributed by atoms with van der Waals surface area (Å²) in [6.45, 7) is 1.76. The molecule has 0 aliphatic rings. The van der Waals surface area contributed by atoms with Crippen LogP contribution in [-0.2, 0) is 13.0 Å². The monoisotopic (exact) mass is 231 g/mol. The molecular formula is C13H17N3O. The van der Waals surface area contributed by atoms with Crippen LogP contribution in [0.2, 0.25) is 0 Å². The van der Waals surface area contributed by atoms with E-state index in [1.54, 1.807) is 13.3 Å². The van der Waals surface area contributed by atoms with Gasteiger partial charge in [0.25, 0.3) is 0 Å². The maximum atomic E-state index is 5.19. The Morgan fingerprint density at radius 3 is 3.06 bits per heavy atom. The van der Waals surface area contributed by atoms with Crippen molar-refractivity contribution in [3.63, 3.8) is 0 Å². The van der Waals surface area contributed by atoms with Gasteiger partial charge in [0, 0.05) is 18.4 Å². The van der Waals surface area contributed by atoms with Crippen molar-refractivity contribution in [3.05, 3.63) is 47.8 Å². The van der Waals surface area contributed by atoms with Gasteiger partial charge in [-0.15, -0.1) is 0 Å².